The lowest BCUT2D eigenvalue weighted by Crippen LogP contribution is -2.22. The summed E-state index contributed by atoms with van der Waals surface area (Å²) in [5.41, 5.74) is -0.185. The first-order chi connectivity index (χ1) is 6.18. The maximum atomic E-state index is 10.1. The molecule has 0 heterocycles. The third-order valence-electron chi connectivity index (χ3n) is 1.58. The van der Waals surface area contributed by atoms with Crippen LogP contribution in [-0.4, -0.2) is 12.5 Å². The first kappa shape index (κ1) is 11.7. The van der Waals surface area contributed by atoms with E-state index in [0.29, 0.717) is 6.54 Å². The smallest absolute Gasteiger partial charge is 0.312 e. The molecule has 0 aliphatic heterocycles. The Hall–Kier alpha value is -1.30. The molecule has 0 aliphatic carbocycles. The van der Waals surface area contributed by atoms with Gasteiger partial charge in [-0.3, -0.25) is 0 Å². The van der Waals surface area contributed by atoms with Crippen LogP contribution in [0.5, 0.6) is 0 Å². The van der Waals surface area contributed by atoms with Crippen LogP contribution in [0.25, 0.3) is 4.85 Å². The van der Waals surface area contributed by atoms with Gasteiger partial charge in [0.25, 0.3) is 6.54 Å². The molecule has 0 spiro atoms. The molecule has 0 radical (unpaired) electrons. The molecular weight excluding hydrogens is 166 g/mol. The van der Waals surface area contributed by atoms with Gasteiger partial charge in [-0.1, -0.05) is 31.2 Å². The van der Waals surface area contributed by atoms with Crippen LogP contribution in [0.1, 0.15) is 32.6 Å². The van der Waals surface area contributed by atoms with Crippen LogP contribution in [-0.2, 0) is 4.79 Å². The summed E-state index contributed by atoms with van der Waals surface area (Å²) < 4.78 is 0. The summed E-state index contributed by atoms with van der Waals surface area (Å²) in [4.78, 5) is 13.9. The van der Waals surface area contributed by atoms with Gasteiger partial charge >= 0.3 is 6.07 Å². The van der Waals surface area contributed by atoms with Gasteiger partial charge in [-0.05, 0) is 6.42 Å². The van der Waals surface area contributed by atoms with E-state index in [1.807, 2.05) is 0 Å². The number of unbranched alkanes of at least 4 members (excludes halogenated alkanes) is 3. The quantitative estimate of drug-likeness (QED) is 0.363. The van der Waals surface area contributed by atoms with Gasteiger partial charge in [0, 0.05) is 6.42 Å². The molecule has 0 aromatic rings. The molecule has 0 atom stereocenters. The summed E-state index contributed by atoms with van der Waals surface area (Å²) in [6, 6.07) is 2.33. The van der Waals surface area contributed by atoms with Crippen molar-refractivity contribution < 1.29 is 9.90 Å². The second kappa shape index (κ2) is 7.35. The van der Waals surface area contributed by atoms with Crippen molar-refractivity contribution in [2.45, 2.75) is 32.6 Å². The van der Waals surface area contributed by atoms with Crippen molar-refractivity contribution >= 4 is 5.97 Å². The molecule has 0 N–H and O–H groups in total. The summed E-state index contributed by atoms with van der Waals surface area (Å²) in [5.74, 6) is -1.31. The van der Waals surface area contributed by atoms with Gasteiger partial charge < -0.3 is 9.90 Å². The van der Waals surface area contributed by atoms with Crippen molar-refractivity contribution in [3.8, 4) is 6.07 Å². The number of hydrogen-bond donors (Lipinski definition) is 0. The summed E-state index contributed by atoms with van der Waals surface area (Å²) in [5, 5.41) is 10.1. The molecule has 0 aliphatic rings. The lowest BCUT2D eigenvalue weighted by Gasteiger charge is -1.89. The monoisotopic (exact) mass is 181 g/mol. The normalized spacial score (nSPS) is 8.69. The van der Waals surface area contributed by atoms with Gasteiger partial charge in [-0.15, -0.1) is 0 Å². The van der Waals surface area contributed by atoms with Crippen LogP contribution in [0, 0.1) is 6.07 Å². The number of carboxylic acid groups (broad SMARTS) is 1. The Morgan fingerprint density at radius 1 is 1.46 bits per heavy atom. The molecule has 72 valence electrons. The first-order valence-corrected chi connectivity index (χ1v) is 4.51. The van der Waals surface area contributed by atoms with Crippen molar-refractivity contribution in [2.24, 2.45) is 0 Å². The SMILES string of the molecule is C=C(C#[N+]CCCCCC)C(=O)[O-]. The fraction of sp³-hybridized carbons (Fsp3) is 0.600. The Bertz CT molecular complexity index is 235. The van der Waals surface area contributed by atoms with Crippen molar-refractivity contribution in [3.05, 3.63) is 17.0 Å². The number of aliphatic carboxylic acids is 1. The molecule has 0 saturated carbocycles. The minimum Gasteiger partial charge on any atom is -0.544 e. The van der Waals surface area contributed by atoms with Gasteiger partial charge in [0.2, 0.25) is 0 Å². The summed E-state index contributed by atoms with van der Waals surface area (Å²) in [7, 11) is 0. The van der Waals surface area contributed by atoms with E-state index >= 15 is 0 Å². The summed E-state index contributed by atoms with van der Waals surface area (Å²) in [6.07, 6.45) is 4.47. The topological polar surface area (TPSA) is 44.5 Å². The lowest BCUT2D eigenvalue weighted by molar-refractivity contribution is -0.298. The summed E-state index contributed by atoms with van der Waals surface area (Å²) in [6.45, 7) is 5.97. The molecule has 0 unspecified atom stereocenters. The van der Waals surface area contributed by atoms with E-state index in [1.54, 1.807) is 0 Å². The highest BCUT2D eigenvalue weighted by Crippen LogP contribution is 1.98. The van der Waals surface area contributed by atoms with Gasteiger partial charge in [0.05, 0.1) is 5.97 Å². The van der Waals surface area contributed by atoms with Crippen molar-refractivity contribution in [1.82, 2.24) is 0 Å². The predicted octanol–water partition coefficient (Wildman–Crippen LogP) is 1.21. The molecule has 13 heavy (non-hydrogen) atoms. The first-order valence-electron chi connectivity index (χ1n) is 4.51. The van der Waals surface area contributed by atoms with Crippen LogP contribution < -0.4 is 5.11 Å². The molecule has 0 aromatic heterocycles. The van der Waals surface area contributed by atoms with E-state index in [9.17, 15) is 9.90 Å². The van der Waals surface area contributed by atoms with Crippen molar-refractivity contribution in [1.29, 1.82) is 0 Å². The zero-order chi connectivity index (χ0) is 10.1. The highest BCUT2D eigenvalue weighted by molar-refractivity contribution is 5.88. The Morgan fingerprint density at radius 2 is 2.15 bits per heavy atom. The lowest BCUT2D eigenvalue weighted by atomic mass is 10.2. The van der Waals surface area contributed by atoms with E-state index in [1.165, 1.54) is 12.8 Å². The average molecular weight is 181 g/mol. The molecule has 0 fully saturated rings. The molecule has 0 amide bonds. The van der Waals surface area contributed by atoms with Crippen LogP contribution >= 0.6 is 0 Å². The van der Waals surface area contributed by atoms with Crippen molar-refractivity contribution in [2.75, 3.05) is 6.54 Å². The van der Waals surface area contributed by atoms with Crippen molar-refractivity contribution in [3.63, 3.8) is 0 Å². The van der Waals surface area contributed by atoms with E-state index in [-0.39, 0.29) is 5.57 Å². The highest BCUT2D eigenvalue weighted by Gasteiger charge is 1.96. The van der Waals surface area contributed by atoms with Gasteiger partial charge in [0.15, 0.2) is 0 Å². The second-order valence-electron chi connectivity index (χ2n) is 2.82. The van der Waals surface area contributed by atoms with E-state index in [2.05, 4.69) is 24.4 Å². The van der Waals surface area contributed by atoms with Gasteiger partial charge in [0.1, 0.15) is 5.57 Å². The largest absolute Gasteiger partial charge is 0.544 e. The zero-order valence-corrected chi connectivity index (χ0v) is 8.01. The predicted molar refractivity (Wildman–Crippen MR) is 50.4 cm³/mol. The Balaban J connectivity index is 3.51. The Kier molecular flexibility index (Phi) is 6.62. The van der Waals surface area contributed by atoms with Crippen LogP contribution in [0.15, 0.2) is 12.2 Å². The van der Waals surface area contributed by atoms with Crippen LogP contribution in [0.2, 0.25) is 0 Å². The Morgan fingerprint density at radius 3 is 2.69 bits per heavy atom. The van der Waals surface area contributed by atoms with Gasteiger partial charge in [-0.25, -0.2) is 0 Å². The summed E-state index contributed by atoms with van der Waals surface area (Å²) >= 11 is 0. The van der Waals surface area contributed by atoms with E-state index in [0.717, 1.165) is 12.8 Å². The number of carboxylic acids is 1. The molecule has 0 bridgehead atoms. The minimum atomic E-state index is -1.31. The number of hydrogen-bond acceptors (Lipinski definition) is 2. The fourth-order valence-electron chi connectivity index (χ4n) is 0.815. The highest BCUT2D eigenvalue weighted by atomic mass is 16.4. The molecule has 3 heteroatoms. The average Bonchev–Trinajstić information content (AvgIpc) is 2.10. The van der Waals surface area contributed by atoms with Gasteiger partial charge in [-0.2, -0.15) is 0 Å². The maximum Gasteiger partial charge on any atom is 0.312 e. The molecule has 0 rings (SSSR count). The second-order valence-corrected chi connectivity index (χ2v) is 2.82. The third-order valence-corrected chi connectivity index (χ3v) is 1.58. The molecule has 0 aromatic carbocycles. The molecule has 0 saturated heterocycles. The van der Waals surface area contributed by atoms with Crippen LogP contribution in [0.3, 0.4) is 0 Å². The number of carbonyl (C=O) groups excluding carboxylic acids is 1. The maximum absolute atomic E-state index is 10.1. The zero-order valence-electron chi connectivity index (χ0n) is 8.01. The number of carbonyl (C=O) groups is 1. The number of nitrogens with zero attached hydrogens (tertiary/aromatic N) is 1. The van der Waals surface area contributed by atoms with E-state index < -0.39 is 5.97 Å². The van der Waals surface area contributed by atoms with E-state index in [4.69, 9.17) is 0 Å². The molecule has 3 nitrogen and oxygen atoms in total. The standard InChI is InChI=1S/C10H15NO2/c1-3-4-5-6-7-11-8-9(2)10(12)13/h2-7H2,1H3. The molecular formula is C10H15NO2. The van der Waals surface area contributed by atoms with Crippen LogP contribution in [0.4, 0.5) is 0 Å². The minimum absolute atomic E-state index is 0.185. The number of rotatable bonds is 5. The third kappa shape index (κ3) is 7.07. The fourth-order valence-corrected chi connectivity index (χ4v) is 0.815. The Labute approximate surface area is 78.9 Å².